The van der Waals surface area contributed by atoms with Gasteiger partial charge in [-0.25, -0.2) is 0 Å². The van der Waals surface area contributed by atoms with E-state index in [1.807, 2.05) is 13.0 Å². The summed E-state index contributed by atoms with van der Waals surface area (Å²) in [6.45, 7) is 3.53. The lowest BCUT2D eigenvalue weighted by atomic mass is 9.81. The maximum Gasteiger partial charge on any atom is 0.248 e. The maximum atomic E-state index is 12.5. The highest BCUT2D eigenvalue weighted by atomic mass is 16.1. The summed E-state index contributed by atoms with van der Waals surface area (Å²) in [6, 6.07) is 1.34. The first-order chi connectivity index (χ1) is 9.00. The number of ketones is 2. The van der Waals surface area contributed by atoms with Crippen LogP contribution < -0.4 is 10.9 Å². The van der Waals surface area contributed by atoms with Crippen LogP contribution in [0.3, 0.4) is 0 Å². The van der Waals surface area contributed by atoms with Crippen molar-refractivity contribution >= 4 is 11.6 Å². The van der Waals surface area contributed by atoms with Gasteiger partial charge >= 0.3 is 0 Å². The fourth-order valence-electron chi connectivity index (χ4n) is 2.60. The van der Waals surface area contributed by atoms with E-state index in [0.29, 0.717) is 16.7 Å². The van der Waals surface area contributed by atoms with Crippen LogP contribution in [-0.2, 0) is 0 Å². The first-order valence-corrected chi connectivity index (χ1v) is 6.01. The standard InChI is InChI=1S/C14H12N2O3/c1-6-3-4-15-11-9(6)13(18)10-7(2)5-8(17)16-12(10)14(11)19/h3-6,15H,1-2H3,(H,16,17). The Hall–Kier alpha value is -2.43. The molecule has 0 aromatic carbocycles. The molecule has 0 amide bonds. The molecule has 0 fully saturated rings. The van der Waals surface area contributed by atoms with Crippen LogP contribution in [0.1, 0.15) is 33.3 Å². The van der Waals surface area contributed by atoms with Gasteiger partial charge in [-0.3, -0.25) is 14.4 Å². The van der Waals surface area contributed by atoms with Crippen molar-refractivity contribution in [3.05, 3.63) is 56.8 Å². The van der Waals surface area contributed by atoms with Crippen molar-refractivity contribution in [3.63, 3.8) is 0 Å². The zero-order valence-electron chi connectivity index (χ0n) is 10.5. The van der Waals surface area contributed by atoms with Crippen molar-refractivity contribution in [3.8, 4) is 0 Å². The number of hydrogen-bond donors (Lipinski definition) is 2. The molecule has 1 aromatic rings. The smallest absolute Gasteiger partial charge is 0.248 e. The normalized spacial score (nSPS) is 21.1. The minimum absolute atomic E-state index is 0.0868. The Morgan fingerprint density at radius 3 is 2.63 bits per heavy atom. The van der Waals surface area contributed by atoms with E-state index in [2.05, 4.69) is 10.3 Å². The largest absolute Gasteiger partial charge is 0.358 e. The number of pyridine rings is 1. The third kappa shape index (κ3) is 1.51. The molecule has 2 heterocycles. The average Bonchev–Trinajstić information content (AvgIpc) is 2.34. The molecule has 3 rings (SSSR count). The number of Topliss-reactive ketones (excluding diaryl/α,β-unsaturated/α-hetero) is 2. The highest BCUT2D eigenvalue weighted by Crippen LogP contribution is 2.31. The fourth-order valence-corrected chi connectivity index (χ4v) is 2.60. The van der Waals surface area contributed by atoms with Crippen LogP contribution in [0.2, 0.25) is 0 Å². The van der Waals surface area contributed by atoms with E-state index in [9.17, 15) is 14.4 Å². The molecule has 19 heavy (non-hydrogen) atoms. The van der Waals surface area contributed by atoms with Crippen molar-refractivity contribution in [1.29, 1.82) is 0 Å². The lowest BCUT2D eigenvalue weighted by Crippen LogP contribution is -2.35. The second-order valence-corrected chi connectivity index (χ2v) is 4.81. The molecule has 2 aliphatic rings. The molecule has 1 atom stereocenters. The Labute approximate surface area is 109 Å². The maximum absolute atomic E-state index is 12.5. The molecule has 0 radical (unpaired) electrons. The van der Waals surface area contributed by atoms with Gasteiger partial charge in [0.1, 0.15) is 5.69 Å². The average molecular weight is 256 g/mol. The second kappa shape index (κ2) is 3.78. The van der Waals surface area contributed by atoms with Gasteiger partial charge in [-0.15, -0.1) is 0 Å². The summed E-state index contributed by atoms with van der Waals surface area (Å²) in [5, 5.41) is 2.82. The van der Waals surface area contributed by atoms with Gasteiger partial charge in [0.2, 0.25) is 11.3 Å². The summed E-state index contributed by atoms with van der Waals surface area (Å²) in [5.74, 6) is -0.642. The van der Waals surface area contributed by atoms with Gasteiger partial charge < -0.3 is 10.3 Å². The molecule has 0 bridgehead atoms. The fraction of sp³-hybridized carbons (Fsp3) is 0.214. The first-order valence-electron chi connectivity index (χ1n) is 6.01. The molecule has 0 saturated heterocycles. The predicted octanol–water partition coefficient (Wildman–Crippen LogP) is 1.07. The van der Waals surface area contributed by atoms with Gasteiger partial charge in [0.25, 0.3) is 0 Å². The summed E-state index contributed by atoms with van der Waals surface area (Å²) in [5.41, 5.74) is 1.30. The zero-order chi connectivity index (χ0) is 13.7. The molecule has 0 spiro atoms. The SMILES string of the molecule is Cc1cc(=O)[nH]c2c1C(=O)C1=C(NC=CC1C)C2=O. The van der Waals surface area contributed by atoms with Gasteiger partial charge in [-0.05, 0) is 18.7 Å². The number of aromatic nitrogens is 1. The number of aryl methyl sites for hydroxylation is 1. The molecule has 2 N–H and O–H groups in total. The van der Waals surface area contributed by atoms with Crippen LogP contribution in [0.5, 0.6) is 0 Å². The summed E-state index contributed by atoms with van der Waals surface area (Å²) in [7, 11) is 0. The number of carbonyl (C=O) groups excluding carboxylic acids is 2. The van der Waals surface area contributed by atoms with E-state index in [-0.39, 0.29) is 34.4 Å². The summed E-state index contributed by atoms with van der Waals surface area (Å²) < 4.78 is 0. The molecular weight excluding hydrogens is 244 g/mol. The van der Waals surface area contributed by atoms with Gasteiger partial charge in [0.05, 0.1) is 11.3 Å². The lowest BCUT2D eigenvalue weighted by Gasteiger charge is -2.26. The molecule has 1 unspecified atom stereocenters. The van der Waals surface area contributed by atoms with Gasteiger partial charge in [0, 0.05) is 17.6 Å². The molecule has 5 nitrogen and oxygen atoms in total. The van der Waals surface area contributed by atoms with Crippen molar-refractivity contribution in [2.75, 3.05) is 0 Å². The number of nitrogens with one attached hydrogen (secondary N) is 2. The van der Waals surface area contributed by atoms with Crippen molar-refractivity contribution in [1.82, 2.24) is 10.3 Å². The molecule has 5 heteroatoms. The Morgan fingerprint density at radius 1 is 1.16 bits per heavy atom. The molecular formula is C14H12N2O3. The van der Waals surface area contributed by atoms with Crippen molar-refractivity contribution in [2.45, 2.75) is 13.8 Å². The van der Waals surface area contributed by atoms with E-state index in [0.717, 1.165) is 0 Å². The number of H-pyrrole nitrogens is 1. The van der Waals surface area contributed by atoms with E-state index < -0.39 is 0 Å². The zero-order valence-corrected chi connectivity index (χ0v) is 10.5. The number of carbonyl (C=O) groups is 2. The van der Waals surface area contributed by atoms with E-state index in [1.165, 1.54) is 6.07 Å². The van der Waals surface area contributed by atoms with E-state index in [1.54, 1.807) is 13.1 Å². The van der Waals surface area contributed by atoms with Crippen LogP contribution in [0, 0.1) is 12.8 Å². The van der Waals surface area contributed by atoms with Crippen LogP contribution in [0.25, 0.3) is 0 Å². The van der Waals surface area contributed by atoms with Gasteiger partial charge in [0.15, 0.2) is 5.78 Å². The number of hydrogen-bond acceptors (Lipinski definition) is 4. The molecule has 0 saturated carbocycles. The van der Waals surface area contributed by atoms with Crippen molar-refractivity contribution in [2.24, 2.45) is 5.92 Å². The van der Waals surface area contributed by atoms with Crippen molar-refractivity contribution < 1.29 is 9.59 Å². The molecule has 1 aliphatic carbocycles. The molecule has 96 valence electrons. The highest BCUT2D eigenvalue weighted by molar-refractivity contribution is 6.26. The summed E-state index contributed by atoms with van der Waals surface area (Å²) >= 11 is 0. The number of dihydropyridines is 1. The third-order valence-corrected chi connectivity index (χ3v) is 3.50. The number of fused-ring (bicyclic) bond motifs is 1. The van der Waals surface area contributed by atoms with E-state index in [4.69, 9.17) is 0 Å². The Kier molecular flexibility index (Phi) is 2.32. The van der Waals surface area contributed by atoms with Gasteiger partial charge in [-0.1, -0.05) is 13.0 Å². The van der Waals surface area contributed by atoms with Crippen LogP contribution >= 0.6 is 0 Å². The van der Waals surface area contributed by atoms with E-state index >= 15 is 0 Å². The first kappa shape index (κ1) is 11.6. The number of aromatic amines is 1. The monoisotopic (exact) mass is 256 g/mol. The van der Waals surface area contributed by atoms with Crippen LogP contribution in [0.4, 0.5) is 0 Å². The molecule has 1 aliphatic heterocycles. The summed E-state index contributed by atoms with van der Waals surface area (Å²) in [6.07, 6.45) is 3.48. The Balaban J connectivity index is 2.31. The Bertz CT molecular complexity index is 738. The third-order valence-electron chi connectivity index (χ3n) is 3.50. The minimum atomic E-state index is -0.374. The second-order valence-electron chi connectivity index (χ2n) is 4.81. The number of rotatable bonds is 0. The van der Waals surface area contributed by atoms with Gasteiger partial charge in [-0.2, -0.15) is 0 Å². The lowest BCUT2D eigenvalue weighted by molar-refractivity contribution is 0.0958. The molecule has 1 aromatic heterocycles. The quantitative estimate of drug-likeness (QED) is 0.727. The highest BCUT2D eigenvalue weighted by Gasteiger charge is 2.36. The predicted molar refractivity (Wildman–Crippen MR) is 68.9 cm³/mol. The van der Waals surface area contributed by atoms with Crippen LogP contribution in [-0.4, -0.2) is 16.6 Å². The minimum Gasteiger partial charge on any atom is -0.358 e. The van der Waals surface area contributed by atoms with Crippen LogP contribution in [0.15, 0.2) is 34.4 Å². The summed E-state index contributed by atoms with van der Waals surface area (Å²) in [4.78, 5) is 38.8. The number of allylic oxidation sites excluding steroid dienone is 3. The Morgan fingerprint density at radius 2 is 1.89 bits per heavy atom. The topological polar surface area (TPSA) is 79.0 Å².